The van der Waals surface area contributed by atoms with E-state index >= 15 is 0 Å². The maximum absolute atomic E-state index is 12.7. The topological polar surface area (TPSA) is 114 Å². The minimum Gasteiger partial charge on any atom is -0.376 e. The molecule has 1 fully saturated rings. The van der Waals surface area contributed by atoms with Crippen molar-refractivity contribution in [3.05, 3.63) is 22.2 Å². The number of fused-ring (bicyclic) bond motifs is 1. The maximum atomic E-state index is 12.7. The van der Waals surface area contributed by atoms with Crippen molar-refractivity contribution >= 4 is 63.4 Å². The first-order chi connectivity index (χ1) is 13.9. The van der Waals surface area contributed by atoms with Gasteiger partial charge in [0.05, 0.1) is 27.0 Å². The van der Waals surface area contributed by atoms with Crippen LogP contribution in [0.2, 0.25) is 10.0 Å². The van der Waals surface area contributed by atoms with E-state index in [4.69, 9.17) is 39.5 Å². The SMILES string of the molecule is CC(=O)[C@@]1(O)[C@@H](n2c(NC(C)C)nc3cc(Cl)c(Cl)cc32)O[C@@H](CCl)[C@@]1(O)C(C)=O. The molecule has 0 saturated carbocycles. The monoisotopic (exact) mass is 477 g/mol. The van der Waals surface area contributed by atoms with E-state index in [0.29, 0.717) is 11.0 Å². The Labute approximate surface area is 188 Å². The normalized spacial score (nSPS) is 29.0. The lowest BCUT2D eigenvalue weighted by molar-refractivity contribution is -0.180. The molecule has 30 heavy (non-hydrogen) atoms. The number of rotatable bonds is 6. The minimum absolute atomic E-state index is 0.0890. The number of benzene rings is 1. The van der Waals surface area contributed by atoms with Gasteiger partial charge in [0, 0.05) is 6.04 Å². The first kappa shape index (κ1) is 23.2. The average Bonchev–Trinajstić information content (AvgIpc) is 3.08. The molecule has 2 aromatic rings. The van der Waals surface area contributed by atoms with Crippen molar-refractivity contribution in [3.63, 3.8) is 0 Å². The van der Waals surface area contributed by atoms with Crippen LogP contribution in [0.3, 0.4) is 0 Å². The molecule has 0 radical (unpaired) electrons. The van der Waals surface area contributed by atoms with Crippen LogP contribution in [-0.4, -0.2) is 60.6 Å². The molecular formula is C19H22Cl3N3O5. The first-order valence-corrected chi connectivity index (χ1v) is 10.5. The molecule has 0 aliphatic carbocycles. The third kappa shape index (κ3) is 3.21. The quantitative estimate of drug-likeness (QED) is 0.547. The van der Waals surface area contributed by atoms with Gasteiger partial charge in [-0.3, -0.25) is 14.2 Å². The van der Waals surface area contributed by atoms with Gasteiger partial charge in [0.15, 0.2) is 23.4 Å². The molecule has 3 N–H and O–H groups in total. The van der Waals surface area contributed by atoms with Crippen LogP contribution >= 0.6 is 34.8 Å². The summed E-state index contributed by atoms with van der Waals surface area (Å²) in [6.45, 7) is 5.86. The Morgan fingerprint density at radius 2 is 1.77 bits per heavy atom. The van der Waals surface area contributed by atoms with Gasteiger partial charge in [-0.2, -0.15) is 0 Å². The second kappa shape index (κ2) is 7.93. The third-order valence-electron chi connectivity index (χ3n) is 5.30. The Balaban J connectivity index is 2.36. The van der Waals surface area contributed by atoms with Gasteiger partial charge in [-0.1, -0.05) is 23.2 Å². The molecule has 8 nitrogen and oxygen atoms in total. The number of anilines is 1. The molecule has 0 unspecified atom stereocenters. The van der Waals surface area contributed by atoms with Crippen LogP contribution in [0, 0.1) is 0 Å². The minimum atomic E-state index is -2.63. The third-order valence-corrected chi connectivity index (χ3v) is 6.30. The summed E-state index contributed by atoms with van der Waals surface area (Å²) >= 11 is 18.2. The van der Waals surface area contributed by atoms with Gasteiger partial charge < -0.3 is 20.3 Å². The second-order valence-electron chi connectivity index (χ2n) is 7.64. The Bertz CT molecular complexity index is 1030. The second-order valence-corrected chi connectivity index (χ2v) is 8.76. The fourth-order valence-corrected chi connectivity index (χ4v) is 4.42. The van der Waals surface area contributed by atoms with Crippen LogP contribution in [0.5, 0.6) is 0 Å². The van der Waals surface area contributed by atoms with Crippen LogP contribution < -0.4 is 5.32 Å². The van der Waals surface area contributed by atoms with E-state index in [-0.39, 0.29) is 27.9 Å². The van der Waals surface area contributed by atoms with Crippen molar-refractivity contribution in [2.24, 2.45) is 0 Å². The number of nitrogens with zero attached hydrogens (tertiary/aromatic N) is 2. The molecule has 1 aromatic carbocycles. The molecular weight excluding hydrogens is 457 g/mol. The van der Waals surface area contributed by atoms with Crippen molar-refractivity contribution in [2.75, 3.05) is 11.2 Å². The molecule has 1 aromatic heterocycles. The summed E-state index contributed by atoms with van der Waals surface area (Å²) < 4.78 is 7.23. The van der Waals surface area contributed by atoms with Gasteiger partial charge in [-0.25, -0.2) is 4.98 Å². The molecule has 0 amide bonds. The average molecular weight is 479 g/mol. The van der Waals surface area contributed by atoms with Crippen molar-refractivity contribution in [1.82, 2.24) is 9.55 Å². The number of carbonyl (C=O) groups excluding carboxylic acids is 2. The van der Waals surface area contributed by atoms with E-state index in [1.165, 1.54) is 16.7 Å². The molecule has 1 saturated heterocycles. The molecule has 0 spiro atoms. The molecule has 1 aliphatic rings. The number of nitrogens with one attached hydrogen (secondary N) is 1. The number of alkyl halides is 1. The highest BCUT2D eigenvalue weighted by molar-refractivity contribution is 6.42. The van der Waals surface area contributed by atoms with Crippen LogP contribution in [0.4, 0.5) is 5.95 Å². The predicted molar refractivity (Wildman–Crippen MR) is 114 cm³/mol. The highest BCUT2D eigenvalue weighted by atomic mass is 35.5. The van der Waals surface area contributed by atoms with Crippen molar-refractivity contribution in [1.29, 1.82) is 0 Å². The molecule has 11 heteroatoms. The van der Waals surface area contributed by atoms with Gasteiger partial charge >= 0.3 is 0 Å². The summed E-state index contributed by atoms with van der Waals surface area (Å²) in [5.41, 5.74) is -4.42. The number of carbonyl (C=O) groups is 2. The largest absolute Gasteiger partial charge is 0.376 e. The number of aromatic nitrogens is 2. The van der Waals surface area contributed by atoms with Crippen LogP contribution in [0.1, 0.15) is 33.9 Å². The highest BCUT2D eigenvalue weighted by Crippen LogP contribution is 2.49. The van der Waals surface area contributed by atoms with E-state index in [2.05, 4.69) is 10.3 Å². The summed E-state index contributed by atoms with van der Waals surface area (Å²) in [5, 5.41) is 26.3. The van der Waals surface area contributed by atoms with Gasteiger partial charge in [0.25, 0.3) is 0 Å². The number of aliphatic hydroxyl groups is 2. The zero-order valence-corrected chi connectivity index (χ0v) is 19.0. The van der Waals surface area contributed by atoms with Gasteiger partial charge in [-0.15, -0.1) is 11.6 Å². The van der Waals surface area contributed by atoms with Crippen molar-refractivity contribution in [3.8, 4) is 0 Å². The summed E-state index contributed by atoms with van der Waals surface area (Å²) in [6.07, 6.45) is -2.86. The van der Waals surface area contributed by atoms with E-state index in [9.17, 15) is 19.8 Å². The van der Waals surface area contributed by atoms with E-state index in [0.717, 1.165) is 13.8 Å². The molecule has 3 rings (SSSR count). The molecule has 4 atom stereocenters. The summed E-state index contributed by atoms with van der Waals surface area (Å²) in [5.74, 6) is -1.83. The zero-order chi connectivity index (χ0) is 22.6. The Morgan fingerprint density at radius 1 is 1.20 bits per heavy atom. The van der Waals surface area contributed by atoms with Crippen molar-refractivity contribution < 1.29 is 24.5 Å². The Morgan fingerprint density at radius 3 is 2.27 bits per heavy atom. The fourth-order valence-electron chi connectivity index (χ4n) is 3.81. The van der Waals surface area contributed by atoms with Crippen LogP contribution in [-0.2, 0) is 14.3 Å². The number of hydrogen-bond donors (Lipinski definition) is 3. The predicted octanol–water partition coefficient (Wildman–Crippen LogP) is 2.94. The number of ketones is 2. The lowest BCUT2D eigenvalue weighted by Gasteiger charge is -2.37. The number of Topliss-reactive ketones (excluding diaryl/α,β-unsaturated/α-hetero) is 2. The Kier molecular flexibility index (Phi) is 6.14. The van der Waals surface area contributed by atoms with Gasteiger partial charge in [0.1, 0.15) is 6.10 Å². The van der Waals surface area contributed by atoms with E-state index in [1.807, 2.05) is 13.8 Å². The smallest absolute Gasteiger partial charge is 0.206 e. The highest BCUT2D eigenvalue weighted by Gasteiger charge is 2.71. The maximum Gasteiger partial charge on any atom is 0.206 e. The lowest BCUT2D eigenvalue weighted by atomic mass is 9.75. The molecule has 2 heterocycles. The molecule has 1 aliphatic heterocycles. The standard InChI is InChI=1S/C19H22Cl3N3O5/c1-8(2)23-17-24-13-5-11(21)12(22)6-14(13)25(17)16-19(29,10(4)27)18(28,9(3)26)15(7-20)30-16/h5-6,8,15-16,28-29H,7H2,1-4H3,(H,23,24)/t15-,16-,18-,19+/m0/s1. The van der Waals surface area contributed by atoms with Crippen molar-refractivity contribution in [2.45, 2.75) is 57.3 Å². The number of halogens is 3. The number of hydrogen-bond acceptors (Lipinski definition) is 7. The van der Waals surface area contributed by atoms with Gasteiger partial charge in [-0.05, 0) is 39.8 Å². The van der Waals surface area contributed by atoms with Crippen LogP contribution in [0.25, 0.3) is 11.0 Å². The first-order valence-electron chi connectivity index (χ1n) is 9.21. The van der Waals surface area contributed by atoms with Crippen LogP contribution in [0.15, 0.2) is 12.1 Å². The molecule has 164 valence electrons. The summed E-state index contributed by atoms with van der Waals surface area (Å²) in [4.78, 5) is 29.6. The zero-order valence-electron chi connectivity index (χ0n) is 16.7. The van der Waals surface area contributed by atoms with E-state index < -0.39 is 35.1 Å². The summed E-state index contributed by atoms with van der Waals surface area (Å²) in [6, 6.07) is 2.94. The van der Waals surface area contributed by atoms with E-state index in [1.54, 1.807) is 0 Å². The number of imidazole rings is 1. The fraction of sp³-hybridized carbons (Fsp3) is 0.526. The number of ether oxygens (including phenoxy) is 1. The summed E-state index contributed by atoms with van der Waals surface area (Å²) in [7, 11) is 0. The van der Waals surface area contributed by atoms with Gasteiger partial charge in [0.2, 0.25) is 11.5 Å². The molecule has 0 bridgehead atoms. The lowest BCUT2D eigenvalue weighted by Crippen LogP contribution is -2.65. The Hall–Kier alpha value is -1.42.